The number of methoxy groups -OCH3 is 1. The molecule has 1 aliphatic rings. The molecule has 0 spiro atoms. The van der Waals surface area contributed by atoms with Gasteiger partial charge in [0.1, 0.15) is 11.6 Å². The highest BCUT2D eigenvalue weighted by atomic mass is 79.9. The monoisotopic (exact) mass is 374 g/mol. The number of benzene rings is 1. The van der Waals surface area contributed by atoms with E-state index in [1.807, 2.05) is 12.1 Å². The SMILES string of the molecule is COc1cc(NC2=NCCCCC2)c(Br)cc1Br. The van der Waals surface area contributed by atoms with Gasteiger partial charge in [-0.05, 0) is 50.8 Å². The summed E-state index contributed by atoms with van der Waals surface area (Å²) in [5, 5.41) is 3.39. The van der Waals surface area contributed by atoms with E-state index in [4.69, 9.17) is 4.74 Å². The Labute approximate surface area is 124 Å². The molecule has 3 nitrogen and oxygen atoms in total. The molecule has 0 aromatic heterocycles. The summed E-state index contributed by atoms with van der Waals surface area (Å²) in [6.07, 6.45) is 4.68. The van der Waals surface area contributed by atoms with Gasteiger partial charge < -0.3 is 10.1 Å². The van der Waals surface area contributed by atoms with Crippen LogP contribution in [0.1, 0.15) is 25.7 Å². The average molecular weight is 376 g/mol. The van der Waals surface area contributed by atoms with Crippen molar-refractivity contribution in [2.75, 3.05) is 19.0 Å². The molecule has 1 N–H and O–H groups in total. The number of ether oxygens (including phenoxy) is 1. The Morgan fingerprint density at radius 2 is 2.00 bits per heavy atom. The molecule has 1 aliphatic heterocycles. The number of hydrogen-bond donors (Lipinski definition) is 1. The summed E-state index contributed by atoms with van der Waals surface area (Å²) in [6, 6.07) is 3.96. The van der Waals surface area contributed by atoms with Crippen molar-refractivity contribution >= 4 is 43.4 Å². The van der Waals surface area contributed by atoms with Crippen LogP contribution in [0.25, 0.3) is 0 Å². The molecule has 2 rings (SSSR count). The second-order valence-corrected chi connectivity index (χ2v) is 5.94. The summed E-state index contributed by atoms with van der Waals surface area (Å²) in [5.74, 6) is 1.88. The Kier molecular flexibility index (Phi) is 5.06. The van der Waals surface area contributed by atoms with E-state index < -0.39 is 0 Å². The van der Waals surface area contributed by atoms with Gasteiger partial charge in [0.2, 0.25) is 0 Å². The fourth-order valence-corrected chi connectivity index (χ4v) is 3.17. The highest BCUT2D eigenvalue weighted by Gasteiger charge is 2.10. The van der Waals surface area contributed by atoms with Crippen molar-refractivity contribution in [2.45, 2.75) is 25.7 Å². The Morgan fingerprint density at radius 3 is 2.78 bits per heavy atom. The lowest BCUT2D eigenvalue weighted by atomic mass is 10.2. The Morgan fingerprint density at radius 1 is 1.17 bits per heavy atom. The molecule has 0 bridgehead atoms. The topological polar surface area (TPSA) is 33.6 Å². The van der Waals surface area contributed by atoms with Crippen LogP contribution in [0, 0.1) is 0 Å². The average Bonchev–Trinajstić information content (AvgIpc) is 2.61. The summed E-state index contributed by atoms with van der Waals surface area (Å²) >= 11 is 7.02. The molecule has 0 fully saturated rings. The first-order valence-corrected chi connectivity index (χ1v) is 7.62. The molecule has 1 heterocycles. The lowest BCUT2D eigenvalue weighted by Crippen LogP contribution is -2.12. The normalized spacial score (nSPS) is 15.8. The van der Waals surface area contributed by atoms with Gasteiger partial charge in [-0.3, -0.25) is 4.99 Å². The zero-order valence-corrected chi connectivity index (χ0v) is 13.5. The van der Waals surface area contributed by atoms with Gasteiger partial charge in [0, 0.05) is 23.5 Å². The van der Waals surface area contributed by atoms with E-state index in [0.29, 0.717) is 0 Å². The van der Waals surface area contributed by atoms with E-state index in [1.165, 1.54) is 19.3 Å². The van der Waals surface area contributed by atoms with Gasteiger partial charge in [-0.1, -0.05) is 6.42 Å². The highest BCUT2D eigenvalue weighted by molar-refractivity contribution is 9.11. The van der Waals surface area contributed by atoms with E-state index in [0.717, 1.165) is 39.2 Å². The lowest BCUT2D eigenvalue weighted by molar-refractivity contribution is 0.412. The number of halogens is 2. The molecule has 5 heteroatoms. The number of nitrogens with zero attached hydrogens (tertiary/aromatic N) is 1. The van der Waals surface area contributed by atoms with E-state index in [1.54, 1.807) is 7.11 Å². The smallest absolute Gasteiger partial charge is 0.135 e. The van der Waals surface area contributed by atoms with Crippen molar-refractivity contribution in [1.82, 2.24) is 0 Å². The first-order valence-electron chi connectivity index (χ1n) is 6.04. The third kappa shape index (κ3) is 3.48. The molecule has 0 unspecified atom stereocenters. The molecule has 1 aromatic rings. The fraction of sp³-hybridized carbons (Fsp3) is 0.462. The predicted molar refractivity (Wildman–Crippen MR) is 82.8 cm³/mol. The second-order valence-electron chi connectivity index (χ2n) is 4.23. The molecule has 1 aromatic carbocycles. The predicted octanol–water partition coefficient (Wildman–Crippen LogP) is 4.60. The number of hydrogen-bond acceptors (Lipinski definition) is 3. The summed E-state index contributed by atoms with van der Waals surface area (Å²) in [5.41, 5.74) is 0.996. The number of nitrogens with one attached hydrogen (secondary N) is 1. The maximum absolute atomic E-state index is 5.31. The van der Waals surface area contributed by atoms with Gasteiger partial charge in [-0.15, -0.1) is 0 Å². The van der Waals surface area contributed by atoms with E-state index in [9.17, 15) is 0 Å². The quantitative estimate of drug-likeness (QED) is 0.819. The third-order valence-corrected chi connectivity index (χ3v) is 4.17. The summed E-state index contributed by atoms with van der Waals surface area (Å²) in [6.45, 7) is 0.924. The van der Waals surface area contributed by atoms with Crippen LogP contribution < -0.4 is 10.1 Å². The van der Waals surface area contributed by atoms with E-state index in [-0.39, 0.29) is 0 Å². The summed E-state index contributed by atoms with van der Waals surface area (Å²) in [4.78, 5) is 4.57. The molecule has 0 radical (unpaired) electrons. The molecule has 0 saturated heterocycles. The van der Waals surface area contributed by atoms with Crippen molar-refractivity contribution in [1.29, 1.82) is 0 Å². The van der Waals surface area contributed by atoms with Gasteiger partial charge in [-0.25, -0.2) is 0 Å². The molecular formula is C13H16Br2N2O. The maximum Gasteiger partial charge on any atom is 0.135 e. The van der Waals surface area contributed by atoms with Gasteiger partial charge in [-0.2, -0.15) is 0 Å². The van der Waals surface area contributed by atoms with Crippen molar-refractivity contribution in [2.24, 2.45) is 4.99 Å². The molecule has 0 atom stereocenters. The van der Waals surface area contributed by atoms with E-state index >= 15 is 0 Å². The molecule has 0 saturated carbocycles. The largest absolute Gasteiger partial charge is 0.495 e. The number of amidine groups is 1. The van der Waals surface area contributed by atoms with Crippen LogP contribution in [0.3, 0.4) is 0 Å². The highest BCUT2D eigenvalue weighted by Crippen LogP contribution is 2.34. The summed E-state index contributed by atoms with van der Waals surface area (Å²) in [7, 11) is 1.67. The fourth-order valence-electron chi connectivity index (χ4n) is 1.91. The minimum atomic E-state index is 0.815. The van der Waals surface area contributed by atoms with Gasteiger partial charge in [0.15, 0.2) is 0 Å². The van der Waals surface area contributed by atoms with Crippen LogP contribution in [-0.4, -0.2) is 19.5 Å². The molecule has 0 amide bonds. The lowest BCUT2D eigenvalue weighted by Gasteiger charge is -2.13. The minimum Gasteiger partial charge on any atom is -0.495 e. The van der Waals surface area contributed by atoms with E-state index in [2.05, 4.69) is 42.2 Å². The Hall–Kier alpha value is -0.550. The van der Waals surface area contributed by atoms with Crippen molar-refractivity contribution in [3.63, 3.8) is 0 Å². The molecule has 18 heavy (non-hydrogen) atoms. The van der Waals surface area contributed by atoms with Gasteiger partial charge in [0.25, 0.3) is 0 Å². The van der Waals surface area contributed by atoms with Gasteiger partial charge in [0.05, 0.1) is 17.3 Å². The standard InChI is InChI=1S/C13H16Br2N2O/c1-18-12-8-11(9(14)7-10(12)15)17-13-5-3-2-4-6-16-13/h7-8H,2-6H2,1H3,(H,16,17). The maximum atomic E-state index is 5.31. The number of anilines is 1. The number of rotatable bonds is 2. The molecule has 98 valence electrons. The van der Waals surface area contributed by atoms with Crippen LogP contribution in [0.15, 0.2) is 26.1 Å². The minimum absolute atomic E-state index is 0.815. The summed E-state index contributed by atoms with van der Waals surface area (Å²) < 4.78 is 7.24. The van der Waals surface area contributed by atoms with Crippen molar-refractivity contribution < 1.29 is 4.74 Å². The van der Waals surface area contributed by atoms with Crippen LogP contribution in [0.5, 0.6) is 5.75 Å². The zero-order valence-electron chi connectivity index (χ0n) is 10.3. The Balaban J connectivity index is 2.20. The Bertz CT molecular complexity index is 461. The van der Waals surface area contributed by atoms with Crippen LogP contribution in [0.4, 0.5) is 5.69 Å². The zero-order chi connectivity index (χ0) is 13.0. The first kappa shape index (κ1) is 13.9. The first-order chi connectivity index (χ1) is 8.70. The van der Waals surface area contributed by atoms with Crippen LogP contribution >= 0.6 is 31.9 Å². The second kappa shape index (κ2) is 6.57. The molecular weight excluding hydrogens is 360 g/mol. The third-order valence-electron chi connectivity index (χ3n) is 2.89. The van der Waals surface area contributed by atoms with Gasteiger partial charge >= 0.3 is 0 Å². The number of aliphatic imine (C=N–C) groups is 1. The van der Waals surface area contributed by atoms with Crippen LogP contribution in [-0.2, 0) is 0 Å². The molecule has 0 aliphatic carbocycles. The van der Waals surface area contributed by atoms with Crippen molar-refractivity contribution in [3.8, 4) is 5.75 Å². The van der Waals surface area contributed by atoms with Crippen molar-refractivity contribution in [3.05, 3.63) is 21.1 Å². The van der Waals surface area contributed by atoms with Crippen LogP contribution in [0.2, 0.25) is 0 Å².